The van der Waals surface area contributed by atoms with Crippen molar-refractivity contribution in [3.8, 4) is 16.9 Å². The Morgan fingerprint density at radius 1 is 1.11 bits per heavy atom. The predicted octanol–water partition coefficient (Wildman–Crippen LogP) is 5.07. The molecule has 19 heteroatoms. The second-order valence-electron chi connectivity index (χ2n) is 11.2. The minimum atomic E-state index is -4.72. The Hall–Kier alpha value is -5.07. The molecule has 15 nitrogen and oxygen atoms in total. The summed E-state index contributed by atoms with van der Waals surface area (Å²) in [6.45, 7) is 5.93. The molecule has 1 amide bonds. The smallest absolute Gasteiger partial charge is 0.511 e. The molecule has 1 aliphatic rings. The molecule has 1 fully saturated rings. The van der Waals surface area contributed by atoms with E-state index in [0.29, 0.717) is 5.56 Å². The molecule has 2 heterocycles. The lowest BCUT2D eigenvalue weighted by Gasteiger charge is -2.18. The van der Waals surface area contributed by atoms with Crippen LogP contribution in [-0.2, 0) is 35.2 Å². The molecule has 1 saturated heterocycles. The topological polar surface area (TPSA) is 177 Å². The van der Waals surface area contributed by atoms with Crippen molar-refractivity contribution < 1.29 is 55.2 Å². The van der Waals surface area contributed by atoms with Gasteiger partial charge >= 0.3 is 18.4 Å². The van der Waals surface area contributed by atoms with E-state index in [1.165, 1.54) is 12.1 Å². The number of halogens is 3. The molecule has 1 N–H and O–H groups in total. The van der Waals surface area contributed by atoms with Gasteiger partial charge in [-0.15, -0.1) is 5.01 Å². The maximum absolute atomic E-state index is 13.5. The Labute approximate surface area is 267 Å². The lowest BCUT2D eigenvalue weighted by molar-refractivity contribution is -0.708. The molecular formula is C28H31F3N6O9S. The first-order valence-corrected chi connectivity index (χ1v) is 15.4. The van der Waals surface area contributed by atoms with Gasteiger partial charge in [0, 0.05) is 12.0 Å². The number of hydrogen-bond acceptors (Lipinski definition) is 11. The van der Waals surface area contributed by atoms with Gasteiger partial charge in [0.25, 0.3) is 16.8 Å². The summed E-state index contributed by atoms with van der Waals surface area (Å²) in [6, 6.07) is 12.3. The van der Waals surface area contributed by atoms with Crippen molar-refractivity contribution in [3.05, 3.63) is 71.1 Å². The molecule has 1 unspecified atom stereocenters. The van der Waals surface area contributed by atoms with E-state index in [9.17, 15) is 36.4 Å². The number of carbonyl (C=O) groups is 2. The lowest BCUT2D eigenvalue weighted by atomic mass is 10.1. The number of sulfonamides is 1. The maximum atomic E-state index is 13.5. The summed E-state index contributed by atoms with van der Waals surface area (Å²) in [7, 11) is -4.46. The molecule has 0 spiro atoms. The highest BCUT2D eigenvalue weighted by Gasteiger charge is 2.36. The van der Waals surface area contributed by atoms with Crippen LogP contribution >= 0.6 is 0 Å². The van der Waals surface area contributed by atoms with Crippen molar-refractivity contribution in [2.75, 3.05) is 19.9 Å². The Balaban J connectivity index is 1.34. The quantitative estimate of drug-likeness (QED) is 0.0795. The third kappa shape index (κ3) is 9.47. The molecule has 254 valence electrons. The summed E-state index contributed by atoms with van der Waals surface area (Å²) in [6.07, 6.45) is -7.80. The standard InChI is InChI=1S/C28H31F3N6O9S/c1-18-5-7-19(8-6-18)23-15-24(28(29,30)31)32-36(23)20-9-11-22(12-10-20)47(41,42)33-25(38)45-21-13-14-35(16-21)37(40)34-44-17-43-26(39)46-27(2,3)4/h5-12,15,21H,13-14,16-17H2,1-4H3,(H,33,38)/b37-34-. The van der Waals surface area contributed by atoms with E-state index < -0.39 is 52.6 Å². The predicted molar refractivity (Wildman–Crippen MR) is 155 cm³/mol. The van der Waals surface area contributed by atoms with E-state index in [2.05, 4.69) is 20.0 Å². The Kier molecular flexibility index (Phi) is 10.2. The van der Waals surface area contributed by atoms with Crippen LogP contribution in [0.25, 0.3) is 16.9 Å². The molecule has 1 aliphatic heterocycles. The Bertz CT molecular complexity index is 1720. The molecule has 3 aromatic rings. The minimum Gasteiger partial charge on any atom is -0.569 e. The zero-order valence-corrected chi connectivity index (χ0v) is 26.4. The van der Waals surface area contributed by atoms with Crippen LogP contribution in [0.4, 0.5) is 22.8 Å². The minimum absolute atomic E-state index is 0.0551. The van der Waals surface area contributed by atoms with Crippen molar-refractivity contribution in [3.63, 3.8) is 0 Å². The van der Waals surface area contributed by atoms with Crippen LogP contribution in [0, 0.1) is 12.1 Å². The molecule has 0 radical (unpaired) electrons. The summed E-state index contributed by atoms with van der Waals surface area (Å²) < 4.78 is 83.6. The van der Waals surface area contributed by atoms with Gasteiger partial charge in [-0.2, -0.15) is 18.3 Å². The van der Waals surface area contributed by atoms with Gasteiger partial charge in [0.1, 0.15) is 18.2 Å². The Morgan fingerprint density at radius 2 is 1.77 bits per heavy atom. The van der Waals surface area contributed by atoms with Crippen LogP contribution < -0.4 is 4.72 Å². The SMILES string of the molecule is Cc1ccc(-c2cc(C(F)(F)F)nn2-c2ccc(S(=O)(=O)NC(=O)OC3CCN(/[N+]([O-])=N/OCOC(=O)OC(C)(C)C)C3)cc2)cc1. The fourth-order valence-electron chi connectivity index (χ4n) is 4.20. The number of ether oxygens (including phenoxy) is 3. The number of hydrogen-bond donors (Lipinski definition) is 1. The van der Waals surface area contributed by atoms with Crippen LogP contribution in [0.2, 0.25) is 0 Å². The number of nitrogens with one attached hydrogen (secondary N) is 1. The molecule has 4 rings (SSSR count). The number of aromatic nitrogens is 2. The fraction of sp³-hybridized carbons (Fsp3) is 0.393. The molecule has 47 heavy (non-hydrogen) atoms. The fourth-order valence-corrected chi connectivity index (χ4v) is 5.08. The van der Waals surface area contributed by atoms with Crippen molar-refractivity contribution in [2.24, 2.45) is 5.28 Å². The second-order valence-corrected chi connectivity index (χ2v) is 12.9. The van der Waals surface area contributed by atoms with E-state index >= 15 is 0 Å². The molecule has 0 saturated carbocycles. The highest BCUT2D eigenvalue weighted by Crippen LogP contribution is 2.33. The highest BCUT2D eigenvalue weighted by molar-refractivity contribution is 7.90. The molecule has 0 bridgehead atoms. The van der Waals surface area contributed by atoms with Gasteiger partial charge in [0.2, 0.25) is 5.28 Å². The zero-order chi connectivity index (χ0) is 34.6. The number of amides is 1. The van der Waals surface area contributed by atoms with Crippen LogP contribution in [0.15, 0.2) is 64.8 Å². The number of benzene rings is 2. The van der Waals surface area contributed by atoms with Crippen molar-refractivity contribution in [1.29, 1.82) is 0 Å². The van der Waals surface area contributed by atoms with Crippen LogP contribution in [-0.4, -0.2) is 72.0 Å². The monoisotopic (exact) mass is 684 g/mol. The molecule has 1 aromatic heterocycles. The average Bonchev–Trinajstić information content (AvgIpc) is 3.63. The lowest BCUT2D eigenvalue weighted by Crippen LogP contribution is -2.36. The van der Waals surface area contributed by atoms with Crippen molar-refractivity contribution >= 4 is 22.3 Å². The van der Waals surface area contributed by atoms with Gasteiger partial charge in [-0.05, 0) is 58.0 Å². The van der Waals surface area contributed by atoms with Gasteiger partial charge in [-0.3, -0.25) is 0 Å². The normalized spacial score (nSPS) is 15.7. The zero-order valence-electron chi connectivity index (χ0n) is 25.6. The van der Waals surface area contributed by atoms with E-state index in [1.54, 1.807) is 49.8 Å². The van der Waals surface area contributed by atoms with E-state index in [0.717, 1.165) is 33.5 Å². The molecule has 2 aromatic carbocycles. The average molecular weight is 685 g/mol. The largest absolute Gasteiger partial charge is 0.569 e. The van der Waals surface area contributed by atoms with Gasteiger partial charge < -0.3 is 24.3 Å². The van der Waals surface area contributed by atoms with Crippen molar-refractivity contribution in [2.45, 2.75) is 56.9 Å². The number of rotatable bonds is 9. The van der Waals surface area contributed by atoms with Gasteiger partial charge in [-0.25, -0.2) is 27.4 Å². The summed E-state index contributed by atoms with van der Waals surface area (Å²) in [5.74, 6) is 0. The number of hydrazine groups is 1. The van der Waals surface area contributed by atoms with Gasteiger partial charge in [0.15, 0.2) is 5.69 Å². The first kappa shape index (κ1) is 34.8. The number of carbonyl (C=O) groups excluding carboxylic acids is 2. The third-order valence-corrected chi connectivity index (χ3v) is 7.67. The van der Waals surface area contributed by atoms with Gasteiger partial charge in [-0.1, -0.05) is 29.8 Å². The second kappa shape index (κ2) is 13.7. The van der Waals surface area contributed by atoms with Crippen molar-refractivity contribution in [1.82, 2.24) is 19.5 Å². The van der Waals surface area contributed by atoms with Gasteiger partial charge in [0.05, 0.1) is 27.8 Å². The summed E-state index contributed by atoms with van der Waals surface area (Å²) in [5.41, 5.74) is -0.299. The first-order valence-electron chi connectivity index (χ1n) is 13.9. The summed E-state index contributed by atoms with van der Waals surface area (Å²) >= 11 is 0. The molecule has 0 aliphatic carbocycles. The van der Waals surface area contributed by atoms with Crippen LogP contribution in [0.1, 0.15) is 38.4 Å². The molecule has 1 atom stereocenters. The Morgan fingerprint density at radius 3 is 2.38 bits per heavy atom. The number of alkyl halides is 3. The first-order chi connectivity index (χ1) is 21.9. The maximum Gasteiger partial charge on any atom is 0.511 e. The third-order valence-electron chi connectivity index (χ3n) is 6.34. The van der Waals surface area contributed by atoms with Crippen LogP contribution in [0.5, 0.6) is 0 Å². The van der Waals surface area contributed by atoms with E-state index in [-0.39, 0.29) is 40.8 Å². The van der Waals surface area contributed by atoms with E-state index in [4.69, 9.17) is 9.47 Å². The van der Waals surface area contributed by atoms with Crippen LogP contribution in [0.3, 0.4) is 0 Å². The molecular weight excluding hydrogens is 653 g/mol. The summed E-state index contributed by atoms with van der Waals surface area (Å²) in [5, 5.41) is 20.1. The number of nitrogens with zero attached hydrogens (tertiary/aromatic N) is 5. The number of aryl methyl sites for hydroxylation is 1. The van der Waals surface area contributed by atoms with E-state index in [1.807, 2.05) is 6.92 Å². The highest BCUT2D eigenvalue weighted by atomic mass is 32.2. The summed E-state index contributed by atoms with van der Waals surface area (Å²) in [4.78, 5) is 28.2.